The molecule has 0 bridgehead atoms. The van der Waals surface area contributed by atoms with E-state index in [2.05, 4.69) is 0 Å². The van der Waals surface area contributed by atoms with Gasteiger partial charge in [-0.15, -0.1) is 0 Å². The molecule has 0 aliphatic rings. The summed E-state index contributed by atoms with van der Waals surface area (Å²) in [5.74, 6) is -5.35. The summed E-state index contributed by atoms with van der Waals surface area (Å²) in [5.41, 5.74) is -0.577. The lowest BCUT2D eigenvalue weighted by atomic mass is 9.11. The molecule has 4 aromatic rings. The van der Waals surface area contributed by atoms with Crippen molar-refractivity contribution in [3.05, 3.63) is 119 Å². The number of carbonyl (C=O) groups is 4. The van der Waals surface area contributed by atoms with Gasteiger partial charge in [0, 0.05) is 22.3 Å². The van der Waals surface area contributed by atoms with Gasteiger partial charge in [-0.3, -0.25) is 0 Å². The molecular weight excluding hydrogens is 475 g/mol. The van der Waals surface area contributed by atoms with E-state index in [9.17, 15) is 39.6 Å². The van der Waals surface area contributed by atoms with E-state index >= 15 is 0 Å². The second-order valence-electron chi connectivity index (χ2n) is 8.44. The van der Waals surface area contributed by atoms with Crippen LogP contribution >= 0.6 is 0 Å². The van der Waals surface area contributed by atoms with Crippen LogP contribution in [0, 0.1) is 0 Å². The minimum Gasteiger partial charge on any atom is -0.478 e. The van der Waals surface area contributed by atoms with Crippen LogP contribution in [0.15, 0.2) is 97.1 Å². The smallest absolute Gasteiger partial charge is 0.332 e. The van der Waals surface area contributed by atoms with Crippen molar-refractivity contribution >= 4 is 51.9 Å². The zero-order valence-electron chi connectivity index (χ0n) is 19.2. The number of hydrogen-bond donors (Lipinski definition) is 4. The summed E-state index contributed by atoms with van der Waals surface area (Å²) in [7, 11) is 0. The van der Waals surface area contributed by atoms with E-state index in [1.807, 2.05) is 0 Å². The third-order valence-corrected chi connectivity index (χ3v) is 6.63. The van der Waals surface area contributed by atoms with E-state index in [4.69, 9.17) is 0 Å². The molecule has 0 radical (unpaired) electrons. The third-order valence-electron chi connectivity index (χ3n) is 6.63. The number of hydrogen-bond acceptors (Lipinski definition) is 4. The fourth-order valence-corrected chi connectivity index (χ4v) is 5.28. The average molecular weight is 495 g/mol. The quantitative estimate of drug-likeness (QED) is 0.271. The van der Waals surface area contributed by atoms with Gasteiger partial charge in [0.25, 0.3) is 0 Å². The summed E-state index contributed by atoms with van der Waals surface area (Å²) in [6, 6.07) is 23.3. The molecule has 0 amide bonds. The van der Waals surface area contributed by atoms with Crippen molar-refractivity contribution in [1.29, 1.82) is 0 Å². The van der Waals surface area contributed by atoms with Crippen molar-refractivity contribution in [3.8, 4) is 0 Å². The molecule has 0 unspecified atom stereocenters. The highest BCUT2D eigenvalue weighted by Gasteiger charge is 2.40. The van der Waals surface area contributed by atoms with Crippen LogP contribution in [0.4, 0.5) is 0 Å². The summed E-state index contributed by atoms with van der Waals surface area (Å²) in [6.45, 7) is 0. The van der Waals surface area contributed by atoms with Crippen LogP contribution in [0.3, 0.4) is 0 Å². The number of carboxylic acid groups (broad SMARTS) is 4. The number of rotatable bonds is 8. The van der Waals surface area contributed by atoms with Crippen molar-refractivity contribution in [1.82, 2.24) is 0 Å². The molecule has 0 atom stereocenters. The first-order valence-corrected chi connectivity index (χ1v) is 11.2. The summed E-state index contributed by atoms with van der Waals surface area (Å²) in [5, 5.41) is 40.7. The van der Waals surface area contributed by atoms with Gasteiger partial charge in [0.2, 0.25) is 0 Å². The van der Waals surface area contributed by atoms with E-state index in [0.29, 0.717) is 0 Å². The molecule has 0 saturated carbocycles. The van der Waals surface area contributed by atoms with Crippen molar-refractivity contribution in [3.63, 3.8) is 0 Å². The van der Waals surface area contributed by atoms with Gasteiger partial charge in [0.1, 0.15) is 6.15 Å². The van der Waals surface area contributed by atoms with E-state index < -0.39 is 30.0 Å². The maximum Gasteiger partial charge on any atom is 0.332 e. The molecule has 8 nitrogen and oxygen atoms in total. The van der Waals surface area contributed by atoms with E-state index in [1.165, 1.54) is 72.8 Å². The molecule has 4 rings (SSSR count). The molecule has 4 aromatic carbocycles. The Morgan fingerprint density at radius 2 is 0.568 bits per heavy atom. The molecule has 0 fully saturated rings. The molecule has 0 heterocycles. The molecule has 0 spiro atoms. The molecule has 0 aromatic heterocycles. The molecule has 184 valence electrons. The first-order valence-electron chi connectivity index (χ1n) is 11.2. The van der Waals surface area contributed by atoms with Crippen LogP contribution in [-0.4, -0.2) is 50.4 Å². The van der Waals surface area contributed by atoms with E-state index in [-0.39, 0.29) is 44.1 Å². The molecule has 4 N–H and O–H groups in total. The van der Waals surface area contributed by atoms with Gasteiger partial charge in [-0.2, -0.15) is 21.9 Å². The van der Waals surface area contributed by atoms with Gasteiger partial charge in [0.15, 0.2) is 0 Å². The predicted octanol–water partition coefficient (Wildman–Crippen LogP) is 1.86. The Morgan fingerprint density at radius 3 is 0.757 bits per heavy atom. The SMILES string of the molecule is O=C(O)c1ccccc1[B-](c1ccccc1C(=O)O)(c1ccccc1C(=O)O)c1ccccc1C(=O)O. The Labute approximate surface area is 211 Å². The summed E-state index contributed by atoms with van der Waals surface area (Å²) < 4.78 is 0. The Balaban J connectivity index is 2.42. The highest BCUT2D eigenvalue weighted by molar-refractivity contribution is 7.21. The van der Waals surface area contributed by atoms with Gasteiger partial charge in [-0.25, -0.2) is 19.2 Å². The summed E-state index contributed by atoms with van der Waals surface area (Å²) >= 11 is 0. The second kappa shape index (κ2) is 9.83. The maximum atomic E-state index is 12.5. The Morgan fingerprint density at radius 1 is 0.378 bits per heavy atom. The van der Waals surface area contributed by atoms with Gasteiger partial charge < -0.3 is 20.4 Å². The highest BCUT2D eigenvalue weighted by atomic mass is 16.4. The lowest BCUT2D eigenvalue weighted by Crippen LogP contribution is -2.78. The largest absolute Gasteiger partial charge is 0.478 e. The third kappa shape index (κ3) is 4.12. The lowest BCUT2D eigenvalue weighted by molar-refractivity contribution is 0.0688. The van der Waals surface area contributed by atoms with Crippen LogP contribution < -0.4 is 21.9 Å². The van der Waals surface area contributed by atoms with Crippen LogP contribution in [0.1, 0.15) is 41.4 Å². The van der Waals surface area contributed by atoms with Crippen LogP contribution in [0.5, 0.6) is 0 Å². The first-order chi connectivity index (χ1) is 17.7. The van der Waals surface area contributed by atoms with Crippen molar-refractivity contribution in [2.24, 2.45) is 0 Å². The summed E-state index contributed by atoms with van der Waals surface area (Å²) in [6.07, 6.45) is -2.99. The lowest BCUT2D eigenvalue weighted by Gasteiger charge is -2.47. The Hall–Kier alpha value is -5.18. The Kier molecular flexibility index (Phi) is 6.62. The zero-order valence-corrected chi connectivity index (χ0v) is 19.2. The molecule has 0 saturated heterocycles. The van der Waals surface area contributed by atoms with Crippen molar-refractivity contribution < 1.29 is 39.6 Å². The van der Waals surface area contributed by atoms with Crippen molar-refractivity contribution in [2.75, 3.05) is 0 Å². The summed E-state index contributed by atoms with van der Waals surface area (Å²) in [4.78, 5) is 49.9. The molecule has 0 aliphatic heterocycles. The molecule has 37 heavy (non-hydrogen) atoms. The van der Waals surface area contributed by atoms with E-state index in [0.717, 1.165) is 0 Å². The minimum atomic E-state index is -2.99. The zero-order chi connectivity index (χ0) is 26.7. The van der Waals surface area contributed by atoms with Gasteiger partial charge in [-0.05, 0) is 0 Å². The molecular formula is C28H20BO8-. The van der Waals surface area contributed by atoms with E-state index in [1.54, 1.807) is 24.3 Å². The Bertz CT molecular complexity index is 1320. The second-order valence-corrected chi connectivity index (χ2v) is 8.44. The molecule has 9 heteroatoms. The average Bonchev–Trinajstić information content (AvgIpc) is 2.90. The van der Waals surface area contributed by atoms with Gasteiger partial charge in [0.05, 0.1) is 0 Å². The monoisotopic (exact) mass is 495 g/mol. The highest BCUT2D eigenvalue weighted by Crippen LogP contribution is 2.18. The van der Waals surface area contributed by atoms with Gasteiger partial charge >= 0.3 is 23.9 Å². The number of carboxylic acids is 4. The fraction of sp³-hybridized carbons (Fsp3) is 0. The molecule has 0 aliphatic carbocycles. The fourth-order valence-electron chi connectivity index (χ4n) is 5.28. The normalized spacial score (nSPS) is 11.0. The number of aromatic carboxylic acids is 4. The van der Waals surface area contributed by atoms with Crippen LogP contribution in [-0.2, 0) is 0 Å². The maximum absolute atomic E-state index is 12.5. The number of benzene rings is 4. The topological polar surface area (TPSA) is 149 Å². The first kappa shape index (κ1) is 24.9. The standard InChI is InChI=1S/C28H20BO8/c30-25(31)17-9-1-5-13-21(17)29(22-14-6-2-10-18(22)26(32)33,23-15-7-3-11-19(23)27(34)35)24-16-8-4-12-20(24)28(36)37/h1-16H,(H,30,31)(H,32,33)(H,34,35)(H,36,37)/q-1. The van der Waals surface area contributed by atoms with Crippen LogP contribution in [0.25, 0.3) is 0 Å². The predicted molar refractivity (Wildman–Crippen MR) is 138 cm³/mol. The minimum absolute atomic E-state index is 0.0751. The van der Waals surface area contributed by atoms with Crippen LogP contribution in [0.2, 0.25) is 0 Å². The van der Waals surface area contributed by atoms with Gasteiger partial charge in [-0.1, -0.05) is 97.1 Å². The van der Waals surface area contributed by atoms with Crippen molar-refractivity contribution in [2.45, 2.75) is 0 Å².